The summed E-state index contributed by atoms with van der Waals surface area (Å²) in [6, 6.07) is 23.1. The molecular weight excluding hydrogens is 402 g/mol. The summed E-state index contributed by atoms with van der Waals surface area (Å²) in [6.07, 6.45) is 0. The van der Waals surface area contributed by atoms with Gasteiger partial charge >= 0.3 is 0 Å². The molecule has 4 aromatic rings. The van der Waals surface area contributed by atoms with Crippen LogP contribution in [0.5, 0.6) is 5.75 Å². The fourth-order valence-corrected chi connectivity index (χ4v) is 3.40. The summed E-state index contributed by atoms with van der Waals surface area (Å²) in [5, 5.41) is 11.4. The van der Waals surface area contributed by atoms with Gasteiger partial charge in [0.15, 0.2) is 0 Å². The third-order valence-electron chi connectivity index (χ3n) is 4.94. The molecule has 32 heavy (non-hydrogen) atoms. The molecule has 0 aliphatic rings. The molecule has 0 radical (unpaired) electrons. The van der Waals surface area contributed by atoms with E-state index in [-0.39, 0.29) is 5.91 Å². The zero-order chi connectivity index (χ0) is 22.3. The molecule has 0 spiro atoms. The lowest BCUT2D eigenvalue weighted by atomic mass is 10.0. The van der Waals surface area contributed by atoms with Crippen LogP contribution in [0.4, 0.5) is 17.5 Å². The van der Waals surface area contributed by atoms with Crippen LogP contribution in [0.2, 0.25) is 0 Å². The van der Waals surface area contributed by atoms with Crippen LogP contribution in [0.25, 0.3) is 10.8 Å². The van der Waals surface area contributed by atoms with Crippen molar-refractivity contribution < 1.29 is 9.53 Å². The molecule has 0 bridgehead atoms. The van der Waals surface area contributed by atoms with Crippen molar-refractivity contribution in [1.82, 2.24) is 15.3 Å². The summed E-state index contributed by atoms with van der Waals surface area (Å²) < 4.78 is 5.19. The fraction of sp³-hybridized carbons (Fsp3) is 0.160. The number of amides is 1. The quantitative estimate of drug-likeness (QED) is 0.358. The van der Waals surface area contributed by atoms with Gasteiger partial charge in [-0.05, 0) is 48.0 Å². The van der Waals surface area contributed by atoms with E-state index in [9.17, 15) is 4.79 Å². The maximum absolute atomic E-state index is 12.6. The molecule has 0 unspecified atom stereocenters. The average Bonchev–Trinajstić information content (AvgIpc) is 2.81. The zero-order valence-electron chi connectivity index (χ0n) is 18.1. The summed E-state index contributed by atoms with van der Waals surface area (Å²) in [6.45, 7) is 2.86. The van der Waals surface area contributed by atoms with Crippen LogP contribution in [0, 0.1) is 6.92 Å². The van der Waals surface area contributed by atoms with Gasteiger partial charge in [-0.3, -0.25) is 4.79 Å². The molecule has 1 heterocycles. The van der Waals surface area contributed by atoms with E-state index in [1.165, 1.54) is 0 Å². The largest absolute Gasteiger partial charge is 0.497 e. The number of hydrogen-bond donors (Lipinski definition) is 3. The van der Waals surface area contributed by atoms with Crippen LogP contribution in [-0.2, 0) is 0 Å². The van der Waals surface area contributed by atoms with E-state index in [0.29, 0.717) is 30.4 Å². The molecule has 0 saturated carbocycles. The van der Waals surface area contributed by atoms with E-state index < -0.39 is 0 Å². The monoisotopic (exact) mass is 427 g/mol. The molecule has 7 heteroatoms. The highest BCUT2D eigenvalue weighted by molar-refractivity contribution is 6.07. The Bertz CT molecular complexity index is 1220. The number of benzene rings is 3. The Kier molecular flexibility index (Phi) is 6.46. The minimum Gasteiger partial charge on any atom is -0.497 e. The Labute approximate surface area is 186 Å². The number of fused-ring (bicyclic) bond motifs is 1. The second-order valence-corrected chi connectivity index (χ2v) is 7.28. The van der Waals surface area contributed by atoms with Gasteiger partial charge in [0.05, 0.1) is 7.11 Å². The van der Waals surface area contributed by atoms with Crippen molar-refractivity contribution in [1.29, 1.82) is 0 Å². The lowest BCUT2D eigenvalue weighted by Gasteiger charge is -2.11. The van der Waals surface area contributed by atoms with Crippen LogP contribution in [0.3, 0.4) is 0 Å². The standard InChI is InChI=1S/C25H25N5O2/c1-17-16-23(29-19-10-12-20(32-2)13-11-19)30-25(28-17)27-15-14-26-24(31)22-9-5-7-18-6-3-4-8-21(18)22/h3-13,16H,14-15H2,1-2H3,(H,26,31)(H2,27,28,29,30). The zero-order valence-corrected chi connectivity index (χ0v) is 18.1. The van der Waals surface area contributed by atoms with Crippen molar-refractivity contribution in [2.75, 3.05) is 30.8 Å². The molecule has 0 fully saturated rings. The van der Waals surface area contributed by atoms with Crippen molar-refractivity contribution in [3.63, 3.8) is 0 Å². The second kappa shape index (κ2) is 9.78. The van der Waals surface area contributed by atoms with Gasteiger partial charge in [-0.1, -0.05) is 36.4 Å². The molecule has 3 N–H and O–H groups in total. The molecule has 0 aliphatic carbocycles. The number of nitrogens with one attached hydrogen (secondary N) is 3. The van der Waals surface area contributed by atoms with Gasteiger partial charge in [0.2, 0.25) is 5.95 Å². The Morgan fingerprint density at radius 2 is 1.72 bits per heavy atom. The third kappa shape index (κ3) is 5.13. The first-order valence-corrected chi connectivity index (χ1v) is 10.4. The van der Waals surface area contributed by atoms with Crippen molar-refractivity contribution in [2.45, 2.75) is 6.92 Å². The average molecular weight is 428 g/mol. The van der Waals surface area contributed by atoms with E-state index >= 15 is 0 Å². The molecule has 3 aromatic carbocycles. The molecule has 1 amide bonds. The highest BCUT2D eigenvalue weighted by Gasteiger charge is 2.09. The number of methoxy groups -OCH3 is 1. The molecule has 7 nitrogen and oxygen atoms in total. The molecule has 4 rings (SSSR count). The van der Waals surface area contributed by atoms with Crippen LogP contribution >= 0.6 is 0 Å². The first-order valence-electron chi connectivity index (χ1n) is 10.4. The molecule has 0 aliphatic heterocycles. The fourth-order valence-electron chi connectivity index (χ4n) is 3.40. The normalized spacial score (nSPS) is 10.6. The molecule has 0 atom stereocenters. The lowest BCUT2D eigenvalue weighted by molar-refractivity contribution is 0.0957. The maximum Gasteiger partial charge on any atom is 0.251 e. The van der Waals surface area contributed by atoms with Crippen LogP contribution in [0.15, 0.2) is 72.8 Å². The number of nitrogens with zero attached hydrogens (tertiary/aromatic N) is 2. The van der Waals surface area contributed by atoms with Gasteiger partial charge in [-0.2, -0.15) is 4.98 Å². The highest BCUT2D eigenvalue weighted by atomic mass is 16.5. The smallest absolute Gasteiger partial charge is 0.251 e. The van der Waals surface area contributed by atoms with Crippen molar-refractivity contribution in [3.05, 3.63) is 84.1 Å². The van der Waals surface area contributed by atoms with Gasteiger partial charge in [-0.15, -0.1) is 0 Å². The van der Waals surface area contributed by atoms with E-state index in [1.807, 2.05) is 79.7 Å². The third-order valence-corrected chi connectivity index (χ3v) is 4.94. The van der Waals surface area contributed by atoms with E-state index in [1.54, 1.807) is 7.11 Å². The van der Waals surface area contributed by atoms with Crippen LogP contribution < -0.4 is 20.7 Å². The van der Waals surface area contributed by atoms with Crippen LogP contribution in [0.1, 0.15) is 16.1 Å². The number of carbonyl (C=O) groups is 1. The molecule has 162 valence electrons. The molecule has 1 aromatic heterocycles. The topological polar surface area (TPSA) is 88.2 Å². The Morgan fingerprint density at radius 1 is 0.938 bits per heavy atom. The SMILES string of the molecule is COc1ccc(Nc2cc(C)nc(NCCNC(=O)c3cccc4ccccc34)n2)cc1. The predicted octanol–water partition coefficient (Wildman–Crippen LogP) is 4.53. The van der Waals surface area contributed by atoms with Crippen molar-refractivity contribution >= 4 is 34.1 Å². The first-order chi connectivity index (χ1) is 15.6. The Balaban J connectivity index is 1.34. The van der Waals surface area contributed by atoms with Gasteiger partial charge in [-0.25, -0.2) is 4.98 Å². The summed E-state index contributed by atoms with van der Waals surface area (Å²) in [4.78, 5) is 21.6. The minimum atomic E-state index is -0.101. The second-order valence-electron chi connectivity index (χ2n) is 7.28. The number of rotatable bonds is 8. The number of aryl methyl sites for hydroxylation is 1. The van der Waals surface area contributed by atoms with Gasteiger partial charge < -0.3 is 20.7 Å². The molecule has 0 saturated heterocycles. The summed E-state index contributed by atoms with van der Waals surface area (Å²) >= 11 is 0. The van der Waals surface area contributed by atoms with Crippen molar-refractivity contribution in [2.24, 2.45) is 0 Å². The van der Waals surface area contributed by atoms with E-state index in [2.05, 4.69) is 25.9 Å². The summed E-state index contributed by atoms with van der Waals surface area (Å²) in [7, 11) is 1.64. The number of carbonyl (C=O) groups excluding carboxylic acids is 1. The first kappa shape index (κ1) is 21.1. The summed E-state index contributed by atoms with van der Waals surface area (Å²) in [5.74, 6) is 1.88. The van der Waals surface area contributed by atoms with Gasteiger partial charge in [0.1, 0.15) is 11.6 Å². The van der Waals surface area contributed by atoms with Crippen molar-refractivity contribution in [3.8, 4) is 5.75 Å². The van der Waals surface area contributed by atoms with E-state index in [4.69, 9.17) is 4.74 Å². The minimum absolute atomic E-state index is 0.101. The number of ether oxygens (including phenoxy) is 1. The highest BCUT2D eigenvalue weighted by Crippen LogP contribution is 2.20. The Hall–Kier alpha value is -4.13. The predicted molar refractivity (Wildman–Crippen MR) is 128 cm³/mol. The van der Waals surface area contributed by atoms with E-state index in [0.717, 1.165) is 27.9 Å². The molecular formula is C25H25N5O2. The van der Waals surface area contributed by atoms with Crippen LogP contribution in [-0.4, -0.2) is 36.1 Å². The van der Waals surface area contributed by atoms with Gasteiger partial charge in [0, 0.05) is 36.1 Å². The number of anilines is 3. The maximum atomic E-state index is 12.6. The van der Waals surface area contributed by atoms with Gasteiger partial charge in [0.25, 0.3) is 5.91 Å². The lowest BCUT2D eigenvalue weighted by Crippen LogP contribution is -2.29. The number of aromatic nitrogens is 2. The number of hydrogen-bond acceptors (Lipinski definition) is 6. The summed E-state index contributed by atoms with van der Waals surface area (Å²) in [5.41, 5.74) is 2.40. The Morgan fingerprint density at radius 3 is 2.53 bits per heavy atom.